The van der Waals surface area contributed by atoms with Crippen LogP contribution < -0.4 is 16.0 Å². The summed E-state index contributed by atoms with van der Waals surface area (Å²) in [6.45, 7) is 2.53. The molecular weight excluding hydrogens is 256 g/mol. The van der Waals surface area contributed by atoms with E-state index in [2.05, 4.69) is 22.0 Å². The van der Waals surface area contributed by atoms with Crippen molar-refractivity contribution in [2.75, 3.05) is 11.9 Å². The molecule has 1 saturated heterocycles. The first kappa shape index (κ1) is 13.6. The summed E-state index contributed by atoms with van der Waals surface area (Å²) < 4.78 is 0. The molecule has 0 atom stereocenters. The van der Waals surface area contributed by atoms with E-state index >= 15 is 0 Å². The molecular formula is C14H14N4O2. The van der Waals surface area contributed by atoms with Crippen molar-refractivity contribution in [1.82, 2.24) is 10.6 Å². The number of rotatable bonds is 4. The van der Waals surface area contributed by atoms with Crippen LogP contribution in [0, 0.1) is 18.3 Å². The van der Waals surface area contributed by atoms with E-state index in [4.69, 9.17) is 5.26 Å². The Hall–Kier alpha value is -2.81. The predicted molar refractivity (Wildman–Crippen MR) is 74.6 cm³/mol. The zero-order valence-electron chi connectivity index (χ0n) is 11.0. The van der Waals surface area contributed by atoms with Gasteiger partial charge < -0.3 is 10.6 Å². The molecule has 3 amide bonds. The maximum absolute atomic E-state index is 11.4. The molecule has 0 radical (unpaired) electrons. The van der Waals surface area contributed by atoms with Crippen molar-refractivity contribution in [3.05, 3.63) is 35.0 Å². The van der Waals surface area contributed by atoms with E-state index in [0.29, 0.717) is 13.0 Å². The van der Waals surface area contributed by atoms with Crippen molar-refractivity contribution in [3.63, 3.8) is 0 Å². The zero-order chi connectivity index (χ0) is 14.5. The molecule has 102 valence electrons. The molecule has 1 fully saturated rings. The van der Waals surface area contributed by atoms with E-state index in [1.54, 1.807) is 6.08 Å². The summed E-state index contributed by atoms with van der Waals surface area (Å²) in [6.07, 6.45) is 2.06. The van der Waals surface area contributed by atoms with Gasteiger partial charge in [-0.1, -0.05) is 6.07 Å². The maximum Gasteiger partial charge on any atom is 0.326 e. The van der Waals surface area contributed by atoms with Gasteiger partial charge in [0.25, 0.3) is 5.91 Å². The molecule has 1 heterocycles. The van der Waals surface area contributed by atoms with Gasteiger partial charge in [-0.3, -0.25) is 10.1 Å². The molecule has 6 heteroatoms. The van der Waals surface area contributed by atoms with Gasteiger partial charge in [0.05, 0.1) is 12.5 Å². The Kier molecular flexibility index (Phi) is 4.01. The quantitative estimate of drug-likeness (QED) is 0.439. The van der Waals surface area contributed by atoms with Gasteiger partial charge in [0.15, 0.2) is 0 Å². The van der Waals surface area contributed by atoms with Gasteiger partial charge in [-0.05, 0) is 36.3 Å². The second-order valence-corrected chi connectivity index (χ2v) is 4.38. The van der Waals surface area contributed by atoms with Crippen LogP contribution in [0.25, 0.3) is 6.08 Å². The number of carbonyl (C=O) groups excluding carboxylic acids is 2. The lowest BCUT2D eigenvalue weighted by Crippen LogP contribution is -2.22. The molecule has 1 aromatic rings. The van der Waals surface area contributed by atoms with Crippen LogP contribution in [-0.2, 0) is 4.79 Å². The lowest BCUT2D eigenvalue weighted by atomic mass is 10.1. The molecule has 0 spiro atoms. The number of benzene rings is 1. The average molecular weight is 270 g/mol. The lowest BCUT2D eigenvalue weighted by Gasteiger charge is -2.08. The molecule has 1 aliphatic heterocycles. The molecule has 1 aliphatic rings. The number of amides is 3. The fourth-order valence-corrected chi connectivity index (χ4v) is 1.88. The smallest absolute Gasteiger partial charge is 0.326 e. The van der Waals surface area contributed by atoms with E-state index in [1.165, 1.54) is 0 Å². The number of nitrogens with zero attached hydrogens (tertiary/aromatic N) is 1. The fourth-order valence-electron chi connectivity index (χ4n) is 1.88. The van der Waals surface area contributed by atoms with Crippen LogP contribution in [0.15, 0.2) is 23.9 Å². The van der Waals surface area contributed by atoms with Gasteiger partial charge in [0, 0.05) is 12.2 Å². The summed E-state index contributed by atoms with van der Waals surface area (Å²) in [7, 11) is 0. The summed E-state index contributed by atoms with van der Waals surface area (Å²) >= 11 is 0. The largest absolute Gasteiger partial charge is 0.384 e. The van der Waals surface area contributed by atoms with Crippen molar-refractivity contribution < 1.29 is 9.59 Å². The molecule has 0 unspecified atom stereocenters. The average Bonchev–Trinajstić information content (AvgIpc) is 2.71. The first-order valence-corrected chi connectivity index (χ1v) is 6.15. The van der Waals surface area contributed by atoms with Gasteiger partial charge in [-0.2, -0.15) is 5.26 Å². The summed E-state index contributed by atoms with van der Waals surface area (Å²) in [5, 5.41) is 16.2. The molecule has 20 heavy (non-hydrogen) atoms. The summed E-state index contributed by atoms with van der Waals surface area (Å²) in [6, 6.07) is 7.19. The van der Waals surface area contributed by atoms with E-state index < -0.39 is 11.9 Å². The van der Waals surface area contributed by atoms with Crippen molar-refractivity contribution in [2.24, 2.45) is 0 Å². The third-order valence-corrected chi connectivity index (χ3v) is 2.83. The molecule has 1 aromatic carbocycles. The lowest BCUT2D eigenvalue weighted by molar-refractivity contribution is -0.115. The highest BCUT2D eigenvalue weighted by atomic mass is 16.2. The number of imide groups is 1. The number of nitriles is 1. The van der Waals surface area contributed by atoms with E-state index in [0.717, 1.165) is 16.8 Å². The Morgan fingerprint density at radius 3 is 2.75 bits per heavy atom. The Morgan fingerprint density at radius 1 is 1.35 bits per heavy atom. The minimum absolute atomic E-state index is 0.236. The normalized spacial score (nSPS) is 15.7. The minimum Gasteiger partial charge on any atom is -0.384 e. The van der Waals surface area contributed by atoms with Crippen molar-refractivity contribution in [2.45, 2.75) is 13.3 Å². The van der Waals surface area contributed by atoms with Crippen molar-refractivity contribution in [1.29, 1.82) is 5.26 Å². The van der Waals surface area contributed by atoms with E-state index in [1.807, 2.05) is 25.1 Å². The van der Waals surface area contributed by atoms with Crippen LogP contribution in [0.1, 0.15) is 17.5 Å². The maximum atomic E-state index is 11.4. The van der Waals surface area contributed by atoms with E-state index in [9.17, 15) is 9.59 Å². The number of hydrogen-bond acceptors (Lipinski definition) is 4. The minimum atomic E-state index is -0.507. The van der Waals surface area contributed by atoms with Crippen LogP contribution in [0.4, 0.5) is 10.5 Å². The molecule has 2 rings (SSSR count). The molecule has 0 bridgehead atoms. The van der Waals surface area contributed by atoms with Crippen LogP contribution in [0.3, 0.4) is 0 Å². The summed E-state index contributed by atoms with van der Waals surface area (Å²) in [5.74, 6) is -0.427. The van der Waals surface area contributed by atoms with Crippen LogP contribution in [0.2, 0.25) is 0 Å². The van der Waals surface area contributed by atoms with Gasteiger partial charge >= 0.3 is 6.03 Å². The number of aryl methyl sites for hydroxylation is 1. The SMILES string of the molecule is Cc1cc(/C=C2\NC(=O)NC2=O)ccc1NCCC#N. The van der Waals surface area contributed by atoms with Crippen LogP contribution in [-0.4, -0.2) is 18.5 Å². The molecule has 0 saturated carbocycles. The first-order valence-electron chi connectivity index (χ1n) is 6.15. The highest BCUT2D eigenvalue weighted by Crippen LogP contribution is 2.18. The number of hydrogen-bond donors (Lipinski definition) is 3. The van der Waals surface area contributed by atoms with E-state index in [-0.39, 0.29) is 5.70 Å². The standard InChI is InChI=1S/C14H14N4O2/c1-9-7-10(3-4-11(9)16-6-2-5-15)8-12-13(19)18-14(20)17-12/h3-4,7-8,16H,2,6H2,1H3,(H2,17,18,19,20)/b12-8-. The Labute approximate surface area is 116 Å². The van der Waals surface area contributed by atoms with Gasteiger partial charge in [-0.15, -0.1) is 0 Å². The highest BCUT2D eigenvalue weighted by molar-refractivity contribution is 6.13. The Morgan fingerprint density at radius 2 is 2.15 bits per heavy atom. The highest BCUT2D eigenvalue weighted by Gasteiger charge is 2.22. The second-order valence-electron chi connectivity index (χ2n) is 4.38. The number of anilines is 1. The third kappa shape index (κ3) is 3.14. The predicted octanol–water partition coefficient (Wildman–Crippen LogP) is 1.50. The second kappa shape index (κ2) is 5.89. The third-order valence-electron chi connectivity index (χ3n) is 2.83. The van der Waals surface area contributed by atoms with Gasteiger partial charge in [-0.25, -0.2) is 4.79 Å². The van der Waals surface area contributed by atoms with Gasteiger partial charge in [0.1, 0.15) is 5.70 Å². The summed E-state index contributed by atoms with van der Waals surface area (Å²) in [5.41, 5.74) is 3.00. The first-order chi connectivity index (χ1) is 9.60. The van der Waals surface area contributed by atoms with Crippen molar-refractivity contribution >= 4 is 23.7 Å². The molecule has 0 aliphatic carbocycles. The Balaban J connectivity index is 2.13. The van der Waals surface area contributed by atoms with Crippen LogP contribution in [0.5, 0.6) is 0 Å². The Bertz CT molecular complexity index is 629. The number of urea groups is 1. The number of carbonyl (C=O) groups is 2. The molecule has 3 N–H and O–H groups in total. The monoisotopic (exact) mass is 270 g/mol. The fraction of sp³-hybridized carbons (Fsp3) is 0.214. The van der Waals surface area contributed by atoms with Crippen LogP contribution >= 0.6 is 0 Å². The molecule has 6 nitrogen and oxygen atoms in total. The zero-order valence-corrected chi connectivity index (χ0v) is 11.0. The number of nitrogens with one attached hydrogen (secondary N) is 3. The van der Waals surface area contributed by atoms with Gasteiger partial charge in [0.2, 0.25) is 0 Å². The van der Waals surface area contributed by atoms with Crippen molar-refractivity contribution in [3.8, 4) is 6.07 Å². The summed E-state index contributed by atoms with van der Waals surface area (Å²) in [4.78, 5) is 22.4. The molecule has 0 aromatic heterocycles. The topological polar surface area (TPSA) is 94.0 Å².